The molecule has 0 bridgehead atoms. The highest BCUT2D eigenvalue weighted by Crippen LogP contribution is 2.38. The number of aromatic nitrogens is 3. The largest absolute Gasteiger partial charge is 0.457 e. The third-order valence-electron chi connectivity index (χ3n) is 4.08. The molecule has 0 radical (unpaired) electrons. The van der Waals surface area contributed by atoms with Crippen molar-refractivity contribution in [3.63, 3.8) is 0 Å². The molecule has 31 heavy (non-hydrogen) atoms. The molecule has 0 aliphatic rings. The minimum Gasteiger partial charge on any atom is -0.457 e. The number of aryl methyl sites for hydroxylation is 1. The van der Waals surface area contributed by atoms with E-state index in [0.29, 0.717) is 12.1 Å². The lowest BCUT2D eigenvalue weighted by Gasteiger charge is -2.22. The van der Waals surface area contributed by atoms with Crippen molar-refractivity contribution < 1.29 is 26.3 Å². The van der Waals surface area contributed by atoms with E-state index in [1.165, 1.54) is 18.2 Å². The summed E-state index contributed by atoms with van der Waals surface area (Å²) < 4.78 is 75.5. The Kier molecular flexibility index (Phi) is 6.60. The van der Waals surface area contributed by atoms with Crippen molar-refractivity contribution in [1.29, 1.82) is 0 Å². The van der Waals surface area contributed by atoms with Crippen molar-refractivity contribution in [2.24, 2.45) is 0 Å². The number of fused-ring (bicyclic) bond motifs is 1. The highest BCUT2D eigenvalue weighted by molar-refractivity contribution is 7.90. The molecule has 0 unspecified atom stereocenters. The van der Waals surface area contributed by atoms with Gasteiger partial charge in [-0.1, -0.05) is 25.1 Å². The zero-order valence-corrected chi connectivity index (χ0v) is 17.5. The predicted molar refractivity (Wildman–Crippen MR) is 109 cm³/mol. The van der Waals surface area contributed by atoms with Crippen LogP contribution in [-0.4, -0.2) is 36.1 Å². The number of anilines is 1. The van der Waals surface area contributed by atoms with Gasteiger partial charge in [0, 0.05) is 24.0 Å². The molecule has 1 aromatic carbocycles. The number of nitrogens with one attached hydrogen (secondary N) is 2. The molecule has 2 N–H and O–H groups in total. The maximum Gasteiger partial charge on any atom is 0.429 e. The number of hydrogen-bond donors (Lipinski definition) is 2. The van der Waals surface area contributed by atoms with Gasteiger partial charge in [-0.3, -0.25) is 9.71 Å². The van der Waals surface area contributed by atoms with Crippen LogP contribution in [0.2, 0.25) is 0 Å². The third kappa shape index (κ3) is 5.79. The van der Waals surface area contributed by atoms with Crippen LogP contribution in [0.25, 0.3) is 11.0 Å². The summed E-state index contributed by atoms with van der Waals surface area (Å²) in [6, 6.07) is 9.00. The van der Waals surface area contributed by atoms with E-state index in [1.54, 1.807) is 32.0 Å². The van der Waals surface area contributed by atoms with Gasteiger partial charge in [-0.05, 0) is 31.5 Å². The van der Waals surface area contributed by atoms with Crippen molar-refractivity contribution in [2.45, 2.75) is 32.5 Å². The van der Waals surface area contributed by atoms with Crippen molar-refractivity contribution in [1.82, 2.24) is 19.7 Å². The third-order valence-corrected chi connectivity index (χ3v) is 5.12. The predicted octanol–water partition coefficient (Wildman–Crippen LogP) is 3.67. The standard InChI is InChI=1S/C19H20F3N5O3S/c1-3-10-24-31(28,29)27-17-18(26-15-7-5-4-6-14(15)25-17)30-16(19(20,21)22)13-9-8-12(2)23-11-13/h4-9,11,16,24H,3,10H2,1-2H3,(H,25,27)/t16-/m0/s1. The first-order valence-electron chi connectivity index (χ1n) is 9.29. The zero-order chi connectivity index (χ0) is 22.6. The van der Waals surface area contributed by atoms with E-state index >= 15 is 0 Å². The van der Waals surface area contributed by atoms with Gasteiger partial charge in [-0.25, -0.2) is 9.97 Å². The molecule has 0 spiro atoms. The molecule has 0 saturated heterocycles. The number of ether oxygens (including phenoxy) is 1. The molecule has 2 heterocycles. The molecular formula is C19H20F3N5O3S. The van der Waals surface area contributed by atoms with E-state index < -0.39 is 34.2 Å². The topological polar surface area (TPSA) is 106 Å². The minimum absolute atomic E-state index is 0.132. The van der Waals surface area contributed by atoms with Crippen LogP contribution in [0.5, 0.6) is 5.88 Å². The lowest BCUT2D eigenvalue weighted by Crippen LogP contribution is -2.32. The number of pyridine rings is 1. The van der Waals surface area contributed by atoms with Gasteiger partial charge in [0.25, 0.3) is 16.1 Å². The Morgan fingerprint density at radius 3 is 2.35 bits per heavy atom. The van der Waals surface area contributed by atoms with E-state index in [9.17, 15) is 21.6 Å². The van der Waals surface area contributed by atoms with Crippen LogP contribution in [0, 0.1) is 6.92 Å². The quantitative estimate of drug-likeness (QED) is 0.537. The van der Waals surface area contributed by atoms with Crippen molar-refractivity contribution >= 4 is 27.1 Å². The fourth-order valence-corrected chi connectivity index (χ4v) is 3.53. The number of halogens is 3. The normalized spacial score (nSPS) is 13.2. The van der Waals surface area contributed by atoms with Crippen LogP contribution in [0.3, 0.4) is 0 Å². The summed E-state index contributed by atoms with van der Waals surface area (Å²) in [5.74, 6) is -1.07. The first-order valence-corrected chi connectivity index (χ1v) is 10.8. The van der Waals surface area contributed by atoms with Crippen molar-refractivity contribution in [2.75, 3.05) is 11.3 Å². The molecule has 1 atom stereocenters. The first-order chi connectivity index (χ1) is 14.6. The molecule has 3 aromatic rings. The molecule has 12 heteroatoms. The van der Waals surface area contributed by atoms with Crippen LogP contribution in [0.15, 0.2) is 42.6 Å². The molecule has 0 saturated carbocycles. The fourth-order valence-electron chi connectivity index (χ4n) is 2.60. The summed E-state index contributed by atoms with van der Waals surface area (Å²) in [5, 5.41) is 0. The van der Waals surface area contributed by atoms with Crippen molar-refractivity contribution in [3.8, 4) is 5.88 Å². The highest BCUT2D eigenvalue weighted by atomic mass is 32.2. The number of rotatable bonds is 8. The monoisotopic (exact) mass is 455 g/mol. The second-order valence-corrected chi connectivity index (χ2v) is 8.14. The van der Waals surface area contributed by atoms with Gasteiger partial charge < -0.3 is 4.74 Å². The molecule has 2 aromatic heterocycles. The van der Waals surface area contributed by atoms with E-state index in [4.69, 9.17) is 4.74 Å². The molecule has 166 valence electrons. The van der Waals surface area contributed by atoms with E-state index in [1.807, 2.05) is 0 Å². The molecule has 8 nitrogen and oxygen atoms in total. The Morgan fingerprint density at radius 2 is 1.77 bits per heavy atom. The van der Waals surface area contributed by atoms with Gasteiger partial charge in [0.15, 0.2) is 0 Å². The van der Waals surface area contributed by atoms with Crippen LogP contribution in [-0.2, 0) is 10.2 Å². The molecule has 0 fully saturated rings. The Balaban J connectivity index is 2.06. The van der Waals surface area contributed by atoms with Gasteiger partial charge in [0.2, 0.25) is 11.9 Å². The Morgan fingerprint density at radius 1 is 1.10 bits per heavy atom. The van der Waals surface area contributed by atoms with Gasteiger partial charge in [-0.15, -0.1) is 0 Å². The average Bonchev–Trinajstić information content (AvgIpc) is 2.70. The van der Waals surface area contributed by atoms with Crippen LogP contribution in [0.4, 0.5) is 19.0 Å². The average molecular weight is 455 g/mol. The highest BCUT2D eigenvalue weighted by Gasteiger charge is 2.44. The lowest BCUT2D eigenvalue weighted by atomic mass is 10.1. The fraction of sp³-hybridized carbons (Fsp3) is 0.316. The summed E-state index contributed by atoms with van der Waals surface area (Å²) in [6.07, 6.45) is -5.68. The second-order valence-electron chi connectivity index (χ2n) is 6.64. The maximum absolute atomic E-state index is 13.8. The van der Waals surface area contributed by atoms with E-state index in [-0.39, 0.29) is 23.1 Å². The smallest absolute Gasteiger partial charge is 0.429 e. The summed E-state index contributed by atoms with van der Waals surface area (Å²) in [4.78, 5) is 12.1. The first kappa shape index (κ1) is 22.7. The zero-order valence-electron chi connectivity index (χ0n) is 16.6. The summed E-state index contributed by atoms with van der Waals surface area (Å²) in [7, 11) is -4.11. The van der Waals surface area contributed by atoms with Gasteiger partial charge in [0.1, 0.15) is 0 Å². The Labute approximate surface area is 177 Å². The van der Waals surface area contributed by atoms with Crippen LogP contribution < -0.4 is 14.2 Å². The van der Waals surface area contributed by atoms with Gasteiger partial charge in [0.05, 0.1) is 11.0 Å². The summed E-state index contributed by atoms with van der Waals surface area (Å²) >= 11 is 0. The Bertz CT molecular complexity index is 1150. The van der Waals surface area contributed by atoms with Crippen LogP contribution >= 0.6 is 0 Å². The maximum atomic E-state index is 13.8. The number of hydrogen-bond acceptors (Lipinski definition) is 6. The molecule has 3 rings (SSSR count). The summed E-state index contributed by atoms with van der Waals surface area (Å²) in [5.41, 5.74) is 0.796. The second kappa shape index (κ2) is 9.02. The number of alkyl halides is 3. The molecule has 0 aliphatic heterocycles. The number of para-hydroxylation sites is 2. The van der Waals surface area contributed by atoms with Gasteiger partial charge >= 0.3 is 6.18 Å². The number of benzene rings is 1. The van der Waals surface area contributed by atoms with E-state index in [0.717, 1.165) is 6.20 Å². The lowest BCUT2D eigenvalue weighted by molar-refractivity contribution is -0.198. The number of nitrogens with zero attached hydrogens (tertiary/aromatic N) is 3. The molecule has 0 amide bonds. The summed E-state index contributed by atoms with van der Waals surface area (Å²) in [6.45, 7) is 3.53. The van der Waals surface area contributed by atoms with Crippen molar-refractivity contribution in [3.05, 3.63) is 53.9 Å². The van der Waals surface area contributed by atoms with Gasteiger partial charge in [-0.2, -0.15) is 26.3 Å². The Hall–Kier alpha value is -2.99. The molecular weight excluding hydrogens is 435 g/mol. The minimum atomic E-state index is -4.82. The molecule has 0 aliphatic carbocycles. The van der Waals surface area contributed by atoms with E-state index in [2.05, 4.69) is 24.4 Å². The SMILES string of the molecule is CCCNS(=O)(=O)Nc1nc2ccccc2nc1O[C@@H](c1ccc(C)nc1)C(F)(F)F. The van der Waals surface area contributed by atoms with Crippen LogP contribution in [0.1, 0.15) is 30.7 Å².